The van der Waals surface area contributed by atoms with E-state index in [0.29, 0.717) is 5.95 Å². The minimum atomic E-state index is 0.652. The normalized spacial score (nSPS) is 12.1. The van der Waals surface area contributed by atoms with Crippen molar-refractivity contribution in [1.82, 2.24) is 18.9 Å². The van der Waals surface area contributed by atoms with E-state index in [2.05, 4.69) is 203 Å². The van der Waals surface area contributed by atoms with E-state index in [9.17, 15) is 0 Å². The Bertz CT molecular complexity index is 3770. The van der Waals surface area contributed by atoms with Crippen molar-refractivity contribution < 1.29 is 0 Å². The van der Waals surface area contributed by atoms with Crippen LogP contribution in [0.2, 0.25) is 0 Å². The zero-order chi connectivity index (χ0) is 37.9. The third kappa shape index (κ3) is 4.34. The van der Waals surface area contributed by atoms with Crippen LogP contribution in [0.5, 0.6) is 0 Å². The van der Waals surface area contributed by atoms with Gasteiger partial charge in [0.1, 0.15) is 0 Å². The maximum absolute atomic E-state index is 5.49. The summed E-state index contributed by atoms with van der Waals surface area (Å²) >= 11 is 0. The number of hydrogen-bond acceptors (Lipinski definition) is 2. The van der Waals surface area contributed by atoms with Gasteiger partial charge in [-0.2, -0.15) is 0 Å². The molecule has 4 nitrogen and oxygen atoms in total. The van der Waals surface area contributed by atoms with Crippen LogP contribution in [0.4, 0.5) is 0 Å². The third-order valence-corrected chi connectivity index (χ3v) is 12.3. The Morgan fingerprint density at radius 1 is 0.328 bits per heavy atom. The van der Waals surface area contributed by atoms with Gasteiger partial charge in [0.25, 0.3) is 0 Å². The Morgan fingerprint density at radius 2 is 0.914 bits per heavy atom. The molecule has 13 rings (SSSR count). The Balaban J connectivity index is 1.12. The molecule has 0 fully saturated rings. The third-order valence-electron chi connectivity index (χ3n) is 12.3. The number of nitrogens with zero attached hydrogens (tertiary/aromatic N) is 4. The monoisotopic (exact) mass is 736 g/mol. The van der Waals surface area contributed by atoms with Crippen molar-refractivity contribution in [1.29, 1.82) is 0 Å². The topological polar surface area (TPSA) is 35.1 Å². The van der Waals surface area contributed by atoms with Crippen LogP contribution in [-0.4, -0.2) is 18.9 Å². The van der Waals surface area contributed by atoms with Gasteiger partial charge in [-0.05, 0) is 69.4 Å². The van der Waals surface area contributed by atoms with Crippen molar-refractivity contribution in [2.24, 2.45) is 0 Å². The quantitative estimate of drug-likeness (QED) is 0.180. The SMILES string of the molecule is c1ccc(-c2ccc(-c3ccc4c(-c5ccccc5)nc(-n5c6ccc7ccccc7c6c6c7c8cccc9c%10ccccc%10n(c7ccc65)c98)nc4c3)cc2)cc1. The number of para-hydroxylation sites is 2. The fourth-order valence-electron chi connectivity index (χ4n) is 9.70. The summed E-state index contributed by atoms with van der Waals surface area (Å²) in [7, 11) is 0. The van der Waals surface area contributed by atoms with Gasteiger partial charge in [0.15, 0.2) is 0 Å². The van der Waals surface area contributed by atoms with Crippen LogP contribution < -0.4 is 0 Å². The molecule has 4 heteroatoms. The maximum atomic E-state index is 5.49. The first-order chi connectivity index (χ1) is 28.8. The highest BCUT2D eigenvalue weighted by Gasteiger charge is 2.25. The predicted octanol–water partition coefficient (Wildman–Crippen LogP) is 14.0. The van der Waals surface area contributed by atoms with Crippen LogP contribution in [0, 0.1) is 0 Å². The van der Waals surface area contributed by atoms with E-state index in [4.69, 9.17) is 9.97 Å². The van der Waals surface area contributed by atoms with Crippen molar-refractivity contribution in [3.05, 3.63) is 194 Å². The van der Waals surface area contributed by atoms with Gasteiger partial charge in [0, 0.05) is 43.3 Å². The molecule has 0 saturated heterocycles. The van der Waals surface area contributed by atoms with Crippen molar-refractivity contribution in [3.8, 4) is 39.5 Å². The van der Waals surface area contributed by atoms with Gasteiger partial charge in [-0.25, -0.2) is 9.97 Å². The van der Waals surface area contributed by atoms with Gasteiger partial charge in [-0.1, -0.05) is 158 Å². The van der Waals surface area contributed by atoms with Crippen molar-refractivity contribution >= 4 is 81.6 Å². The summed E-state index contributed by atoms with van der Waals surface area (Å²) in [5.41, 5.74) is 13.4. The van der Waals surface area contributed by atoms with Crippen LogP contribution in [0.1, 0.15) is 0 Å². The highest BCUT2D eigenvalue weighted by atomic mass is 15.2. The molecule has 268 valence electrons. The Labute approximate surface area is 332 Å². The Kier molecular flexibility index (Phi) is 6.41. The molecule has 0 radical (unpaired) electrons. The molecular weight excluding hydrogens is 705 g/mol. The Morgan fingerprint density at radius 3 is 1.74 bits per heavy atom. The largest absolute Gasteiger partial charge is 0.308 e. The second kappa shape index (κ2) is 11.8. The molecule has 58 heavy (non-hydrogen) atoms. The molecule has 0 aliphatic heterocycles. The molecule has 0 saturated carbocycles. The van der Waals surface area contributed by atoms with E-state index in [1.807, 2.05) is 0 Å². The molecule has 0 atom stereocenters. The zero-order valence-electron chi connectivity index (χ0n) is 31.3. The molecule has 0 bridgehead atoms. The number of aromatic nitrogens is 4. The summed E-state index contributed by atoms with van der Waals surface area (Å²) in [6.45, 7) is 0. The molecule has 0 aliphatic carbocycles. The van der Waals surface area contributed by atoms with Gasteiger partial charge >= 0.3 is 0 Å². The predicted molar refractivity (Wildman–Crippen MR) is 242 cm³/mol. The lowest BCUT2D eigenvalue weighted by Crippen LogP contribution is -2.03. The fourth-order valence-corrected chi connectivity index (χ4v) is 9.70. The highest BCUT2D eigenvalue weighted by molar-refractivity contribution is 6.35. The molecule has 0 spiro atoms. The van der Waals surface area contributed by atoms with E-state index >= 15 is 0 Å². The van der Waals surface area contributed by atoms with Gasteiger partial charge in [0.05, 0.1) is 38.8 Å². The van der Waals surface area contributed by atoms with Gasteiger partial charge in [-0.15, -0.1) is 0 Å². The average molecular weight is 737 g/mol. The van der Waals surface area contributed by atoms with Crippen LogP contribution in [0.3, 0.4) is 0 Å². The number of rotatable bonds is 4. The van der Waals surface area contributed by atoms with Gasteiger partial charge < -0.3 is 4.40 Å². The summed E-state index contributed by atoms with van der Waals surface area (Å²) in [4.78, 5) is 11.0. The molecule has 13 aromatic rings. The lowest BCUT2D eigenvalue weighted by atomic mass is 9.98. The van der Waals surface area contributed by atoms with E-state index in [1.54, 1.807) is 0 Å². The lowest BCUT2D eigenvalue weighted by molar-refractivity contribution is 1.01. The molecule has 0 aliphatic rings. The van der Waals surface area contributed by atoms with E-state index in [1.165, 1.54) is 70.8 Å². The Hall–Kier alpha value is -7.82. The standard InChI is InChI=1S/C54H32N4/c1-3-12-33(13-4-1)34-22-24-35(25-23-34)38-26-28-42-44(32-38)55-54(56-52(42)37-15-5-2-6-16-37)58-47-29-27-36-14-7-8-17-39(36)49(47)51-48(58)31-30-46-50(51)43-20-11-19-41-40-18-9-10-21-45(40)57(46)53(41)43/h1-32H. The summed E-state index contributed by atoms with van der Waals surface area (Å²) in [5.74, 6) is 0.652. The van der Waals surface area contributed by atoms with Crippen molar-refractivity contribution in [3.63, 3.8) is 0 Å². The van der Waals surface area contributed by atoms with Crippen molar-refractivity contribution in [2.75, 3.05) is 0 Å². The highest BCUT2D eigenvalue weighted by Crippen LogP contribution is 2.46. The smallest absolute Gasteiger partial charge is 0.235 e. The minimum Gasteiger partial charge on any atom is -0.308 e. The maximum Gasteiger partial charge on any atom is 0.235 e. The molecule has 9 aromatic carbocycles. The second-order valence-electron chi connectivity index (χ2n) is 15.3. The lowest BCUT2D eigenvalue weighted by Gasteiger charge is -2.13. The zero-order valence-corrected chi connectivity index (χ0v) is 31.3. The molecule has 0 amide bonds. The molecular formula is C54H32N4. The van der Waals surface area contributed by atoms with Crippen LogP contribution >= 0.6 is 0 Å². The van der Waals surface area contributed by atoms with E-state index in [0.717, 1.165) is 44.3 Å². The van der Waals surface area contributed by atoms with Crippen LogP contribution in [0.25, 0.3) is 121 Å². The fraction of sp³-hybridized carbons (Fsp3) is 0. The first kappa shape index (κ1) is 31.4. The van der Waals surface area contributed by atoms with Crippen LogP contribution in [0.15, 0.2) is 194 Å². The van der Waals surface area contributed by atoms with Gasteiger partial charge in [0.2, 0.25) is 5.95 Å². The molecule has 4 aromatic heterocycles. The first-order valence-electron chi connectivity index (χ1n) is 19.8. The van der Waals surface area contributed by atoms with Gasteiger partial charge in [-0.3, -0.25) is 4.57 Å². The summed E-state index contributed by atoms with van der Waals surface area (Å²) < 4.78 is 4.77. The minimum absolute atomic E-state index is 0.652. The summed E-state index contributed by atoms with van der Waals surface area (Å²) in [6.07, 6.45) is 0. The summed E-state index contributed by atoms with van der Waals surface area (Å²) in [5, 5.41) is 11.0. The van der Waals surface area contributed by atoms with Crippen LogP contribution in [-0.2, 0) is 0 Å². The number of benzene rings is 9. The second-order valence-corrected chi connectivity index (χ2v) is 15.3. The summed E-state index contributed by atoms with van der Waals surface area (Å²) in [6, 6.07) is 69.9. The molecule has 0 unspecified atom stereocenters. The molecule has 0 N–H and O–H groups in total. The first-order valence-corrected chi connectivity index (χ1v) is 19.8. The number of hydrogen-bond donors (Lipinski definition) is 0. The van der Waals surface area contributed by atoms with E-state index < -0.39 is 0 Å². The average Bonchev–Trinajstić information content (AvgIpc) is 3.94. The van der Waals surface area contributed by atoms with Crippen molar-refractivity contribution in [2.45, 2.75) is 0 Å². The molecule has 4 heterocycles. The number of fused-ring (bicyclic) bond motifs is 13. The van der Waals surface area contributed by atoms with E-state index in [-0.39, 0.29) is 0 Å².